The van der Waals surface area contributed by atoms with Crippen molar-refractivity contribution in [2.24, 2.45) is 0 Å². The normalized spacial score (nSPS) is 12.7. The van der Waals surface area contributed by atoms with E-state index in [0.717, 1.165) is 16.3 Å². The van der Waals surface area contributed by atoms with E-state index in [-0.39, 0.29) is 28.2 Å². The van der Waals surface area contributed by atoms with Gasteiger partial charge in [-0.1, -0.05) is 6.07 Å². The minimum absolute atomic E-state index is 0.0252. The van der Waals surface area contributed by atoms with Crippen LogP contribution in [0.3, 0.4) is 0 Å². The van der Waals surface area contributed by atoms with Gasteiger partial charge in [0.1, 0.15) is 0 Å². The molecule has 0 radical (unpaired) electrons. The summed E-state index contributed by atoms with van der Waals surface area (Å²) in [6.07, 6.45) is -1.31. The molecule has 0 aliphatic heterocycles. The van der Waals surface area contributed by atoms with E-state index in [2.05, 4.69) is 4.98 Å². The lowest BCUT2D eigenvalue weighted by molar-refractivity contribution is -0.153. The Hall–Kier alpha value is -2.47. The van der Waals surface area contributed by atoms with Gasteiger partial charge < -0.3 is 18.8 Å². The first-order valence-corrected chi connectivity index (χ1v) is 12.7. The summed E-state index contributed by atoms with van der Waals surface area (Å²) in [5.41, 5.74) is 1.25. The molecule has 172 valence electrons. The number of carboxylic acids is 1. The molecule has 3 rings (SSSR count). The van der Waals surface area contributed by atoms with Gasteiger partial charge in [-0.3, -0.25) is 0 Å². The number of carboxylic acid groups (broad SMARTS) is 1. The van der Waals surface area contributed by atoms with Crippen molar-refractivity contribution < 1.29 is 32.0 Å². The second-order valence-corrected chi connectivity index (χ2v) is 11.0. The molecular formula is C21H23NO7S3. The quantitative estimate of drug-likeness (QED) is 0.411. The molecule has 1 N–H and O–H groups in total. The molecule has 0 saturated carbocycles. The number of ether oxygens (including phenoxy) is 2. The van der Waals surface area contributed by atoms with E-state index in [1.807, 2.05) is 12.3 Å². The van der Waals surface area contributed by atoms with Gasteiger partial charge in [0, 0.05) is 11.8 Å². The third-order valence-electron chi connectivity index (χ3n) is 4.26. The van der Waals surface area contributed by atoms with Crippen LogP contribution >= 0.6 is 22.7 Å². The van der Waals surface area contributed by atoms with Crippen LogP contribution in [0.2, 0.25) is 0 Å². The summed E-state index contributed by atoms with van der Waals surface area (Å²) >= 11 is 2.54. The molecule has 1 aromatic carbocycles. The van der Waals surface area contributed by atoms with Crippen LogP contribution in [0.1, 0.15) is 24.4 Å². The molecule has 0 spiro atoms. The molecule has 3 aromatic rings. The number of thiazole rings is 1. The number of thiophene rings is 1. The summed E-state index contributed by atoms with van der Waals surface area (Å²) in [7, 11) is -2.75. The van der Waals surface area contributed by atoms with Crippen molar-refractivity contribution in [1.82, 2.24) is 4.98 Å². The number of nitrogens with zero attached hydrogens (tertiary/aromatic N) is 1. The van der Waals surface area contributed by atoms with Crippen LogP contribution < -0.4 is 8.92 Å². The predicted octanol–water partition coefficient (Wildman–Crippen LogP) is 4.38. The fraction of sp³-hybridized carbons (Fsp3) is 0.333. The maximum atomic E-state index is 12.9. The molecule has 1 unspecified atom stereocenters. The first kappa shape index (κ1) is 24.2. The molecule has 32 heavy (non-hydrogen) atoms. The van der Waals surface area contributed by atoms with Crippen LogP contribution in [-0.4, -0.2) is 43.8 Å². The zero-order valence-electron chi connectivity index (χ0n) is 17.9. The molecule has 2 heterocycles. The summed E-state index contributed by atoms with van der Waals surface area (Å²) in [6.45, 7) is 5.36. The number of methoxy groups -OCH3 is 1. The average molecular weight is 498 g/mol. The summed E-state index contributed by atoms with van der Waals surface area (Å²) in [5.74, 6) is -0.924. The monoisotopic (exact) mass is 497 g/mol. The van der Waals surface area contributed by atoms with Crippen LogP contribution in [0, 0.1) is 6.92 Å². The highest BCUT2D eigenvalue weighted by Crippen LogP contribution is 2.35. The lowest BCUT2D eigenvalue weighted by atomic mass is 10.1. The van der Waals surface area contributed by atoms with Gasteiger partial charge in [-0.2, -0.15) is 8.42 Å². The zero-order valence-corrected chi connectivity index (χ0v) is 20.3. The molecule has 0 saturated heterocycles. The Bertz CT molecular complexity index is 1200. The number of hydrogen-bond donors (Lipinski definition) is 1. The van der Waals surface area contributed by atoms with Crippen molar-refractivity contribution in [2.75, 3.05) is 7.11 Å². The Morgan fingerprint density at radius 1 is 1.19 bits per heavy atom. The smallest absolute Gasteiger partial charge is 0.348 e. The van der Waals surface area contributed by atoms with Crippen LogP contribution in [0.15, 0.2) is 39.9 Å². The highest BCUT2D eigenvalue weighted by Gasteiger charge is 2.24. The van der Waals surface area contributed by atoms with Gasteiger partial charge >= 0.3 is 16.1 Å². The highest BCUT2D eigenvalue weighted by atomic mass is 32.3. The fourth-order valence-electron chi connectivity index (χ4n) is 2.88. The second-order valence-electron chi connectivity index (χ2n) is 7.11. The molecular weight excluding hydrogens is 474 g/mol. The largest absolute Gasteiger partial charge is 0.493 e. The van der Waals surface area contributed by atoms with Crippen LogP contribution in [0.5, 0.6) is 11.5 Å². The number of hydrogen-bond acceptors (Lipinski definition) is 9. The maximum Gasteiger partial charge on any atom is 0.348 e. The van der Waals surface area contributed by atoms with E-state index < -0.39 is 22.2 Å². The van der Waals surface area contributed by atoms with Crippen molar-refractivity contribution in [2.45, 2.75) is 43.6 Å². The van der Waals surface area contributed by atoms with Gasteiger partial charge in [-0.05, 0) is 50.6 Å². The molecule has 1 atom stereocenters. The molecule has 8 nitrogen and oxygen atoms in total. The van der Waals surface area contributed by atoms with Gasteiger partial charge in [0.25, 0.3) is 0 Å². The molecule has 0 aliphatic carbocycles. The SMILES string of the molecule is COc1ccc(CC(OC(C)C)C(=O)O)cc1OS(=O)(=O)c1ccc(-c2csc(C)n2)s1. The average Bonchev–Trinajstić information content (AvgIpc) is 3.36. The van der Waals surface area contributed by atoms with Crippen molar-refractivity contribution in [3.05, 3.63) is 46.3 Å². The Morgan fingerprint density at radius 3 is 2.53 bits per heavy atom. The third-order valence-corrected chi connectivity index (χ3v) is 7.83. The highest BCUT2D eigenvalue weighted by molar-refractivity contribution is 7.89. The van der Waals surface area contributed by atoms with Crippen molar-refractivity contribution in [3.8, 4) is 22.1 Å². The summed E-state index contributed by atoms with van der Waals surface area (Å²) in [6, 6.07) is 7.79. The number of aromatic nitrogens is 1. The minimum atomic E-state index is -4.14. The lowest BCUT2D eigenvalue weighted by Gasteiger charge is -2.17. The number of carbonyl (C=O) groups is 1. The third kappa shape index (κ3) is 5.85. The van der Waals surface area contributed by atoms with Gasteiger partial charge in [0.2, 0.25) is 0 Å². The number of aryl methyl sites for hydroxylation is 1. The summed E-state index contributed by atoms with van der Waals surface area (Å²) < 4.78 is 41.9. The van der Waals surface area contributed by atoms with Crippen LogP contribution in [0.4, 0.5) is 0 Å². The number of aliphatic carboxylic acids is 1. The van der Waals surface area contributed by atoms with E-state index >= 15 is 0 Å². The number of rotatable bonds is 10. The first-order chi connectivity index (χ1) is 15.1. The summed E-state index contributed by atoms with van der Waals surface area (Å²) in [5, 5.41) is 12.2. The predicted molar refractivity (Wildman–Crippen MR) is 122 cm³/mol. The lowest BCUT2D eigenvalue weighted by Crippen LogP contribution is -2.29. The van der Waals surface area contributed by atoms with Crippen LogP contribution in [0.25, 0.3) is 10.6 Å². The fourth-order valence-corrected chi connectivity index (χ4v) is 5.73. The van der Waals surface area contributed by atoms with E-state index in [9.17, 15) is 18.3 Å². The van der Waals surface area contributed by atoms with E-state index in [1.165, 1.54) is 36.6 Å². The van der Waals surface area contributed by atoms with Crippen LogP contribution in [-0.2, 0) is 26.1 Å². The number of benzene rings is 1. The first-order valence-electron chi connectivity index (χ1n) is 9.61. The van der Waals surface area contributed by atoms with Crippen molar-refractivity contribution in [3.63, 3.8) is 0 Å². The van der Waals surface area contributed by atoms with Gasteiger partial charge in [-0.25, -0.2) is 9.78 Å². The van der Waals surface area contributed by atoms with Crippen molar-refractivity contribution in [1.29, 1.82) is 0 Å². The maximum absolute atomic E-state index is 12.9. The topological polar surface area (TPSA) is 112 Å². The van der Waals surface area contributed by atoms with E-state index in [1.54, 1.807) is 26.0 Å². The minimum Gasteiger partial charge on any atom is -0.493 e. The van der Waals surface area contributed by atoms with Gasteiger partial charge in [-0.15, -0.1) is 22.7 Å². The molecule has 0 fully saturated rings. The molecule has 0 aliphatic rings. The zero-order chi connectivity index (χ0) is 23.5. The Balaban J connectivity index is 1.86. The molecule has 0 amide bonds. The molecule has 0 bridgehead atoms. The van der Waals surface area contributed by atoms with E-state index in [4.69, 9.17) is 13.7 Å². The van der Waals surface area contributed by atoms with Crippen molar-refractivity contribution >= 4 is 38.8 Å². The Kier molecular flexibility index (Phi) is 7.55. The second kappa shape index (κ2) is 9.99. The van der Waals surface area contributed by atoms with Gasteiger partial charge in [0.15, 0.2) is 21.8 Å². The molecule has 11 heteroatoms. The van der Waals surface area contributed by atoms with Gasteiger partial charge in [0.05, 0.1) is 28.8 Å². The Labute approximate surface area is 194 Å². The summed E-state index contributed by atoms with van der Waals surface area (Å²) in [4.78, 5) is 16.6. The van der Waals surface area contributed by atoms with E-state index in [0.29, 0.717) is 16.1 Å². The Morgan fingerprint density at radius 2 is 1.94 bits per heavy atom. The standard InChI is InChI=1S/C21H23NO7S3/c1-12(2)28-18(21(23)24)10-14-5-6-16(27-4)17(9-14)29-32(25,26)20-8-7-19(31-20)15-11-30-13(3)22-15/h5-9,11-12,18H,10H2,1-4H3,(H,23,24). The molecule has 2 aromatic heterocycles.